The number of carbonyl (C=O) groups is 3. The molecule has 2 aliphatic rings. The van der Waals surface area contributed by atoms with E-state index in [-0.39, 0.29) is 18.4 Å². The molecule has 0 aliphatic carbocycles. The average molecular weight is 374 g/mol. The summed E-state index contributed by atoms with van der Waals surface area (Å²) in [6, 6.07) is 0. The molecule has 2 fully saturated rings. The fourth-order valence-corrected chi connectivity index (χ4v) is 2.82. The van der Waals surface area contributed by atoms with Crippen molar-refractivity contribution in [3.8, 4) is 0 Å². The van der Waals surface area contributed by atoms with Gasteiger partial charge in [0.2, 0.25) is 0 Å². The minimum atomic E-state index is -1.46. The summed E-state index contributed by atoms with van der Waals surface area (Å²) in [4.78, 5) is 34.2. The van der Waals surface area contributed by atoms with Gasteiger partial charge in [-0.25, -0.2) is 0 Å². The van der Waals surface area contributed by atoms with Crippen molar-refractivity contribution in [1.29, 1.82) is 0 Å². The number of esters is 3. The van der Waals surface area contributed by atoms with E-state index >= 15 is 0 Å². The van der Waals surface area contributed by atoms with E-state index in [1.165, 1.54) is 20.8 Å². The van der Waals surface area contributed by atoms with Crippen molar-refractivity contribution in [3.63, 3.8) is 0 Å². The molecule has 0 radical (unpaired) electrons. The van der Waals surface area contributed by atoms with E-state index in [1.54, 1.807) is 0 Å². The Bertz CT molecular complexity index is 546. The lowest BCUT2D eigenvalue weighted by atomic mass is 9.93. The molecule has 9 heteroatoms. The van der Waals surface area contributed by atoms with Gasteiger partial charge in [0.25, 0.3) is 5.97 Å². The van der Waals surface area contributed by atoms with Crippen LogP contribution in [0.4, 0.5) is 0 Å². The molecule has 0 amide bonds. The molecule has 2 rings (SSSR count). The molecule has 1 spiro atoms. The van der Waals surface area contributed by atoms with Gasteiger partial charge >= 0.3 is 17.9 Å². The van der Waals surface area contributed by atoms with E-state index in [4.69, 9.17) is 28.4 Å². The smallest absolute Gasteiger partial charge is 0.303 e. The van der Waals surface area contributed by atoms with E-state index in [1.807, 2.05) is 13.8 Å². The Balaban J connectivity index is 2.25. The monoisotopic (exact) mass is 374 g/mol. The molecule has 2 heterocycles. The SMILES string of the molecule is CC(=O)OC[C@H]1OC2(C[C@@H](OC(C)=O)[C@@H]1OC(C)=O)OCC(C)(C)CO2. The van der Waals surface area contributed by atoms with Crippen molar-refractivity contribution < 1.29 is 42.8 Å². The first-order valence-electron chi connectivity index (χ1n) is 8.45. The van der Waals surface area contributed by atoms with Crippen LogP contribution in [0.1, 0.15) is 41.0 Å². The average Bonchev–Trinajstić information content (AvgIpc) is 2.50. The Morgan fingerprint density at radius 3 is 2.04 bits per heavy atom. The quantitative estimate of drug-likeness (QED) is 0.524. The van der Waals surface area contributed by atoms with Gasteiger partial charge in [-0.15, -0.1) is 0 Å². The second-order valence-corrected chi connectivity index (χ2v) is 7.31. The molecule has 9 nitrogen and oxygen atoms in total. The first-order valence-corrected chi connectivity index (χ1v) is 8.45. The van der Waals surface area contributed by atoms with Gasteiger partial charge in [0.15, 0.2) is 6.10 Å². The van der Waals surface area contributed by atoms with Gasteiger partial charge in [0.1, 0.15) is 18.8 Å². The Morgan fingerprint density at radius 2 is 1.54 bits per heavy atom. The molecule has 0 aromatic heterocycles. The molecule has 3 atom stereocenters. The molecule has 148 valence electrons. The Labute approximate surface area is 152 Å². The maximum Gasteiger partial charge on any atom is 0.303 e. The number of rotatable bonds is 4. The standard InChI is InChI=1S/C17H26O9/c1-10(18)21-7-14-15(25-12(3)20)13(24-11(2)19)6-17(26-14)22-8-16(4,5)9-23-17/h13-15H,6-9H2,1-5H3/t13-,14-,15+/m1/s1. The maximum absolute atomic E-state index is 11.5. The highest BCUT2D eigenvalue weighted by Crippen LogP contribution is 2.40. The van der Waals surface area contributed by atoms with Crippen LogP contribution in [0.25, 0.3) is 0 Å². The van der Waals surface area contributed by atoms with Crippen molar-refractivity contribution in [2.45, 2.75) is 65.3 Å². The molecule has 0 N–H and O–H groups in total. The molecular formula is C17H26O9. The number of carbonyl (C=O) groups excluding carboxylic acids is 3. The third-order valence-corrected chi connectivity index (χ3v) is 3.95. The molecule has 2 saturated heterocycles. The van der Waals surface area contributed by atoms with Gasteiger partial charge < -0.3 is 28.4 Å². The third kappa shape index (κ3) is 5.39. The van der Waals surface area contributed by atoms with Crippen LogP contribution in [0.3, 0.4) is 0 Å². The predicted octanol–water partition coefficient (Wildman–Crippen LogP) is 0.929. The summed E-state index contributed by atoms with van der Waals surface area (Å²) in [6.07, 6.45) is -2.71. The molecule has 26 heavy (non-hydrogen) atoms. The van der Waals surface area contributed by atoms with E-state index < -0.39 is 42.2 Å². The van der Waals surface area contributed by atoms with Gasteiger partial charge in [0.05, 0.1) is 19.6 Å². The Hall–Kier alpha value is -1.71. The summed E-state index contributed by atoms with van der Waals surface area (Å²) in [6.45, 7) is 8.20. The van der Waals surface area contributed by atoms with Gasteiger partial charge in [-0.2, -0.15) is 0 Å². The Morgan fingerprint density at radius 1 is 0.962 bits per heavy atom. The van der Waals surface area contributed by atoms with E-state index in [0.29, 0.717) is 13.2 Å². The molecule has 0 aromatic carbocycles. The van der Waals surface area contributed by atoms with Crippen LogP contribution in [0.2, 0.25) is 0 Å². The first kappa shape index (κ1) is 20.6. The lowest BCUT2D eigenvalue weighted by molar-refractivity contribution is -0.456. The second kappa shape index (κ2) is 7.89. The lowest BCUT2D eigenvalue weighted by Gasteiger charge is -2.49. The van der Waals surface area contributed by atoms with Crippen molar-refractivity contribution in [2.24, 2.45) is 5.41 Å². The summed E-state index contributed by atoms with van der Waals surface area (Å²) in [5.41, 5.74) is -0.205. The van der Waals surface area contributed by atoms with Gasteiger partial charge in [-0.1, -0.05) is 13.8 Å². The topological polar surface area (TPSA) is 107 Å². The number of hydrogen-bond donors (Lipinski definition) is 0. The van der Waals surface area contributed by atoms with Crippen molar-refractivity contribution >= 4 is 17.9 Å². The van der Waals surface area contributed by atoms with E-state index in [0.717, 1.165) is 0 Å². The Kier molecular flexibility index (Phi) is 6.25. The summed E-state index contributed by atoms with van der Waals surface area (Å²) < 4.78 is 33.1. The van der Waals surface area contributed by atoms with Crippen LogP contribution in [0.15, 0.2) is 0 Å². The maximum atomic E-state index is 11.5. The van der Waals surface area contributed by atoms with Crippen LogP contribution in [-0.2, 0) is 42.8 Å². The first-order chi connectivity index (χ1) is 12.0. The van der Waals surface area contributed by atoms with Crippen molar-refractivity contribution in [2.75, 3.05) is 19.8 Å². The summed E-state index contributed by atoms with van der Waals surface area (Å²) in [7, 11) is 0. The molecule has 0 unspecified atom stereocenters. The van der Waals surface area contributed by atoms with Gasteiger partial charge in [-0.05, 0) is 0 Å². The summed E-state index contributed by atoms with van der Waals surface area (Å²) >= 11 is 0. The minimum absolute atomic E-state index is 0.0250. The molecule has 0 bridgehead atoms. The highest BCUT2D eigenvalue weighted by atomic mass is 16.9. The number of hydrogen-bond acceptors (Lipinski definition) is 9. The molecule has 0 saturated carbocycles. The van der Waals surface area contributed by atoms with Crippen LogP contribution < -0.4 is 0 Å². The largest absolute Gasteiger partial charge is 0.463 e. The fourth-order valence-electron chi connectivity index (χ4n) is 2.82. The summed E-state index contributed by atoms with van der Waals surface area (Å²) in [5, 5.41) is 0. The van der Waals surface area contributed by atoms with Crippen LogP contribution in [0, 0.1) is 5.41 Å². The fraction of sp³-hybridized carbons (Fsp3) is 0.824. The number of ether oxygens (including phenoxy) is 6. The van der Waals surface area contributed by atoms with Crippen LogP contribution in [0.5, 0.6) is 0 Å². The summed E-state index contributed by atoms with van der Waals surface area (Å²) in [5.74, 6) is -3.11. The van der Waals surface area contributed by atoms with Crippen molar-refractivity contribution in [3.05, 3.63) is 0 Å². The molecule has 0 aromatic rings. The predicted molar refractivity (Wildman–Crippen MR) is 85.6 cm³/mol. The van der Waals surface area contributed by atoms with Crippen molar-refractivity contribution in [1.82, 2.24) is 0 Å². The van der Waals surface area contributed by atoms with Crippen LogP contribution >= 0.6 is 0 Å². The third-order valence-electron chi connectivity index (χ3n) is 3.95. The highest BCUT2D eigenvalue weighted by Gasteiger charge is 2.55. The molecular weight excluding hydrogens is 348 g/mol. The van der Waals surface area contributed by atoms with Crippen LogP contribution in [-0.4, -0.2) is 62.0 Å². The normalized spacial score (nSPS) is 29.7. The molecule has 2 aliphatic heterocycles. The van der Waals surface area contributed by atoms with E-state index in [2.05, 4.69) is 0 Å². The zero-order valence-electron chi connectivity index (χ0n) is 15.7. The zero-order valence-corrected chi connectivity index (χ0v) is 15.7. The lowest BCUT2D eigenvalue weighted by Crippen LogP contribution is -2.62. The second-order valence-electron chi connectivity index (χ2n) is 7.31. The van der Waals surface area contributed by atoms with E-state index in [9.17, 15) is 14.4 Å². The minimum Gasteiger partial charge on any atom is -0.463 e. The zero-order chi connectivity index (χ0) is 19.5. The van der Waals surface area contributed by atoms with Gasteiger partial charge in [0, 0.05) is 26.2 Å². The highest BCUT2D eigenvalue weighted by molar-refractivity contribution is 5.67. The van der Waals surface area contributed by atoms with Gasteiger partial charge in [-0.3, -0.25) is 14.4 Å².